The van der Waals surface area contributed by atoms with E-state index in [1.807, 2.05) is 0 Å². The van der Waals surface area contributed by atoms with Crippen molar-refractivity contribution in [3.63, 3.8) is 0 Å². The lowest BCUT2D eigenvalue weighted by atomic mass is 10.1. The SMILES string of the molecule is C.C.Nc1ccn([C@@H]2O[C@H](COP(=O)(O)O)[C@@H](O)[C@H]2O)c(=O)n1.O=c1[nH]cnc2c1ncn2[C@@H]1O[C@H](COP(=O)(O)O)[C@@H](O)[C@H]1O. The lowest BCUT2D eigenvalue weighted by Gasteiger charge is -2.16. The number of nitrogen functional groups attached to an aromatic ring is 1. The molecule has 11 N–H and O–H groups in total. The molecule has 0 radical (unpaired) electrons. The van der Waals surface area contributed by atoms with E-state index in [2.05, 4.69) is 29.0 Å². The minimum absolute atomic E-state index is 0. The summed E-state index contributed by atoms with van der Waals surface area (Å²) in [6, 6.07) is 1.29. The van der Waals surface area contributed by atoms with Crippen molar-refractivity contribution in [3.05, 3.63) is 45.8 Å². The van der Waals surface area contributed by atoms with Crippen molar-refractivity contribution < 1.29 is 67.7 Å². The third-order valence-electron chi connectivity index (χ3n) is 6.25. The molecule has 0 amide bonds. The number of hydrogen-bond donors (Lipinski definition) is 10. The van der Waals surface area contributed by atoms with Gasteiger partial charge in [0.05, 0.1) is 25.9 Å². The summed E-state index contributed by atoms with van der Waals surface area (Å²) >= 11 is 0. The Balaban J connectivity index is 0.000000308. The molecule has 2 saturated heterocycles. The quantitative estimate of drug-likeness (QED) is 0.103. The smallest absolute Gasteiger partial charge is 0.387 e. The standard InChI is InChI=1S/C10H13N4O8P.C9H14N3O8P.2CH4/c15-6-4(1-21-23(18,19)20)22-10(7(6)16)14-3-13-5-8(14)11-2-12-9(5)17;10-5-1-2-12(9(15)11-5)8-7(14)6(13)4(20-8)3-19-21(16,17)18;;/h2-4,6-7,10,15-16H,1H2,(H,11,12,17)(H2,18,19,20);1-2,4,6-8,13-14H,3H2,(H2,10,11,15)(H2,16,17,18);2*1H4/t4-,6-,7-,10-;4-,6-,7-,8-;;/m11../s1. The highest BCUT2D eigenvalue weighted by atomic mass is 31.2. The number of anilines is 1. The van der Waals surface area contributed by atoms with E-state index in [0.717, 1.165) is 10.9 Å². The molecular formula is C21H35N7O16P2. The average molecular weight is 703 g/mol. The maximum atomic E-state index is 11.6. The highest BCUT2D eigenvalue weighted by Crippen LogP contribution is 2.39. The van der Waals surface area contributed by atoms with Crippen LogP contribution in [0.1, 0.15) is 27.3 Å². The fourth-order valence-electron chi connectivity index (χ4n) is 4.20. The van der Waals surface area contributed by atoms with Gasteiger partial charge in [-0.05, 0) is 6.07 Å². The van der Waals surface area contributed by atoms with Gasteiger partial charge in [-0.15, -0.1) is 0 Å². The summed E-state index contributed by atoms with van der Waals surface area (Å²) in [5, 5.41) is 39.6. The van der Waals surface area contributed by atoms with E-state index in [1.165, 1.54) is 23.2 Å². The zero-order valence-electron chi connectivity index (χ0n) is 21.9. The molecule has 3 aromatic heterocycles. The zero-order valence-corrected chi connectivity index (χ0v) is 23.7. The summed E-state index contributed by atoms with van der Waals surface area (Å²) < 4.78 is 42.5. The number of hydrogen-bond acceptors (Lipinski definition) is 16. The number of nitrogens with two attached hydrogens (primary N) is 1. The van der Waals surface area contributed by atoms with Crippen LogP contribution in [0.15, 0.2) is 34.5 Å². The van der Waals surface area contributed by atoms with Crippen LogP contribution in [0.2, 0.25) is 0 Å². The van der Waals surface area contributed by atoms with Crippen LogP contribution in [0.25, 0.3) is 11.2 Å². The van der Waals surface area contributed by atoms with E-state index in [0.29, 0.717) is 0 Å². The number of rotatable bonds is 8. The van der Waals surface area contributed by atoms with Gasteiger partial charge in [0.15, 0.2) is 23.6 Å². The minimum Gasteiger partial charge on any atom is -0.387 e. The summed E-state index contributed by atoms with van der Waals surface area (Å²) in [4.78, 5) is 71.4. The van der Waals surface area contributed by atoms with Gasteiger partial charge in [0.2, 0.25) is 0 Å². The van der Waals surface area contributed by atoms with E-state index < -0.39 is 89.2 Å². The van der Waals surface area contributed by atoms with Crippen LogP contribution in [0, 0.1) is 0 Å². The molecule has 5 heterocycles. The third kappa shape index (κ3) is 9.08. The van der Waals surface area contributed by atoms with E-state index in [4.69, 9.17) is 34.8 Å². The first-order valence-corrected chi connectivity index (χ1v) is 15.2. The van der Waals surface area contributed by atoms with Gasteiger partial charge in [0.1, 0.15) is 42.4 Å². The first-order valence-electron chi connectivity index (χ1n) is 12.1. The molecule has 2 fully saturated rings. The van der Waals surface area contributed by atoms with Crippen LogP contribution in [-0.4, -0.2) is 119 Å². The van der Waals surface area contributed by atoms with Gasteiger partial charge in [-0.3, -0.25) is 23.0 Å². The Hall–Kier alpha value is -2.99. The maximum absolute atomic E-state index is 11.6. The van der Waals surface area contributed by atoms with Gasteiger partial charge in [0, 0.05) is 6.20 Å². The van der Waals surface area contributed by atoms with Crippen molar-refractivity contribution in [2.45, 2.75) is 63.9 Å². The lowest BCUT2D eigenvalue weighted by molar-refractivity contribution is -0.0542. The Bertz CT molecular complexity index is 1670. The molecule has 25 heteroatoms. The summed E-state index contributed by atoms with van der Waals surface area (Å²) in [5.74, 6) is -0.0225. The molecule has 0 spiro atoms. The van der Waals surface area contributed by atoms with E-state index in [9.17, 15) is 39.1 Å². The van der Waals surface area contributed by atoms with Crippen LogP contribution in [0.5, 0.6) is 0 Å². The molecule has 2 aliphatic heterocycles. The van der Waals surface area contributed by atoms with Crippen LogP contribution in [0.3, 0.4) is 0 Å². The normalized spacial score (nSPS) is 27.8. The van der Waals surface area contributed by atoms with Crippen LogP contribution < -0.4 is 17.0 Å². The van der Waals surface area contributed by atoms with Gasteiger partial charge >= 0.3 is 21.3 Å². The Morgan fingerprint density at radius 1 is 0.848 bits per heavy atom. The summed E-state index contributed by atoms with van der Waals surface area (Å²) in [5.41, 5.74) is 4.19. The molecular weight excluding hydrogens is 668 g/mol. The molecule has 0 bridgehead atoms. The molecule has 0 aromatic carbocycles. The summed E-state index contributed by atoms with van der Waals surface area (Å²) in [6.45, 7) is -1.28. The predicted octanol–water partition coefficient (Wildman–Crippen LogP) is -3.33. The summed E-state index contributed by atoms with van der Waals surface area (Å²) in [7, 11) is -9.48. The van der Waals surface area contributed by atoms with Gasteiger partial charge in [0.25, 0.3) is 5.56 Å². The largest absolute Gasteiger partial charge is 0.469 e. The Labute approximate surface area is 258 Å². The molecule has 3 aromatic rings. The summed E-state index contributed by atoms with van der Waals surface area (Å²) in [6.07, 6.45) is -7.12. The molecule has 260 valence electrons. The number of aliphatic hydroxyl groups excluding tert-OH is 4. The van der Waals surface area contributed by atoms with Crippen molar-refractivity contribution in [2.75, 3.05) is 18.9 Å². The second-order valence-electron chi connectivity index (χ2n) is 9.26. The number of H-pyrrole nitrogens is 1. The zero-order chi connectivity index (χ0) is 32.6. The van der Waals surface area contributed by atoms with E-state index >= 15 is 0 Å². The molecule has 0 unspecified atom stereocenters. The lowest BCUT2D eigenvalue weighted by Crippen LogP contribution is -2.36. The first kappa shape index (κ1) is 39.2. The number of imidazole rings is 1. The van der Waals surface area contributed by atoms with Gasteiger partial charge in [-0.2, -0.15) is 4.98 Å². The highest BCUT2D eigenvalue weighted by molar-refractivity contribution is 7.46. The number of aromatic nitrogens is 6. The Morgan fingerprint density at radius 3 is 1.83 bits per heavy atom. The Kier molecular flexibility index (Phi) is 13.0. The number of aliphatic hydroxyl groups is 4. The molecule has 0 saturated carbocycles. The molecule has 2 aliphatic rings. The molecule has 8 atom stereocenters. The number of phosphoric ester groups is 2. The topological polar surface area (TPSA) is 357 Å². The maximum Gasteiger partial charge on any atom is 0.469 e. The van der Waals surface area contributed by atoms with Gasteiger partial charge in [-0.25, -0.2) is 23.9 Å². The number of ether oxygens (including phenoxy) is 2. The van der Waals surface area contributed by atoms with Crippen molar-refractivity contribution in [1.29, 1.82) is 0 Å². The number of aromatic amines is 1. The van der Waals surface area contributed by atoms with Crippen LogP contribution >= 0.6 is 15.6 Å². The number of phosphoric acid groups is 2. The first-order chi connectivity index (χ1) is 20.5. The fraction of sp³-hybridized carbons (Fsp3) is 0.571. The van der Waals surface area contributed by atoms with Crippen molar-refractivity contribution in [2.24, 2.45) is 0 Å². The van der Waals surface area contributed by atoms with Crippen molar-refractivity contribution in [1.82, 2.24) is 29.1 Å². The van der Waals surface area contributed by atoms with Crippen LogP contribution in [0.4, 0.5) is 5.82 Å². The predicted molar refractivity (Wildman–Crippen MR) is 152 cm³/mol. The average Bonchev–Trinajstić information content (AvgIpc) is 3.57. The van der Waals surface area contributed by atoms with Gasteiger partial charge < -0.3 is 60.2 Å². The van der Waals surface area contributed by atoms with Crippen LogP contribution in [-0.2, 0) is 27.7 Å². The monoisotopic (exact) mass is 703 g/mol. The van der Waals surface area contributed by atoms with Crippen molar-refractivity contribution in [3.8, 4) is 0 Å². The molecule has 5 rings (SSSR count). The highest BCUT2D eigenvalue weighted by Gasteiger charge is 2.46. The van der Waals surface area contributed by atoms with Crippen molar-refractivity contribution >= 4 is 32.6 Å². The molecule has 46 heavy (non-hydrogen) atoms. The molecule has 23 nitrogen and oxygen atoms in total. The van der Waals surface area contributed by atoms with Gasteiger partial charge in [-0.1, -0.05) is 14.9 Å². The number of fused-ring (bicyclic) bond motifs is 1. The Morgan fingerprint density at radius 2 is 1.35 bits per heavy atom. The van der Waals surface area contributed by atoms with E-state index in [1.54, 1.807) is 0 Å². The minimum atomic E-state index is -4.74. The number of nitrogens with zero attached hydrogens (tertiary/aromatic N) is 5. The third-order valence-corrected chi connectivity index (χ3v) is 7.22. The fourth-order valence-corrected chi connectivity index (χ4v) is 4.89. The molecule has 0 aliphatic carbocycles. The number of nitrogens with one attached hydrogen (secondary N) is 1. The van der Waals surface area contributed by atoms with E-state index in [-0.39, 0.29) is 31.8 Å². The second kappa shape index (κ2) is 15.3. The second-order valence-corrected chi connectivity index (χ2v) is 11.7.